The van der Waals surface area contributed by atoms with Crippen LogP contribution in [0.2, 0.25) is 0 Å². The molecule has 110 valence electrons. The molecule has 0 atom stereocenters. The number of unbranched alkanes of at least 4 members (excludes halogenated alkanes) is 1. The van der Waals surface area contributed by atoms with Crippen LogP contribution < -0.4 is 11.1 Å². The molecular formula is C11H26IN3O3. The van der Waals surface area contributed by atoms with Crippen LogP contribution in [0, 0.1) is 0 Å². The maximum atomic E-state index is 5.63. The minimum absolute atomic E-state index is 0. The van der Waals surface area contributed by atoms with E-state index < -0.39 is 0 Å². The number of aliphatic imine (C=N–C) groups is 1. The SMILES string of the molecule is COCCNC(N)=NCCCCOCCOC.I. The molecule has 0 amide bonds. The van der Waals surface area contributed by atoms with Crippen LogP contribution in [-0.2, 0) is 14.2 Å². The molecule has 0 radical (unpaired) electrons. The number of hydrogen-bond acceptors (Lipinski definition) is 4. The maximum Gasteiger partial charge on any atom is 0.188 e. The summed E-state index contributed by atoms with van der Waals surface area (Å²) in [6, 6.07) is 0. The Labute approximate surface area is 127 Å². The van der Waals surface area contributed by atoms with Crippen molar-refractivity contribution in [2.75, 3.05) is 53.7 Å². The number of hydrogen-bond donors (Lipinski definition) is 2. The molecule has 0 spiro atoms. The first-order valence-electron chi connectivity index (χ1n) is 5.90. The average Bonchev–Trinajstić information content (AvgIpc) is 2.33. The molecule has 7 heteroatoms. The molecule has 0 heterocycles. The van der Waals surface area contributed by atoms with Gasteiger partial charge in [0, 0.05) is 33.9 Å². The normalized spacial score (nSPS) is 11.1. The van der Waals surface area contributed by atoms with Gasteiger partial charge in [0.1, 0.15) is 0 Å². The van der Waals surface area contributed by atoms with Gasteiger partial charge in [-0.05, 0) is 12.8 Å². The van der Waals surface area contributed by atoms with E-state index in [1.165, 1.54) is 0 Å². The summed E-state index contributed by atoms with van der Waals surface area (Å²) < 4.78 is 15.1. The van der Waals surface area contributed by atoms with Crippen molar-refractivity contribution in [3.05, 3.63) is 0 Å². The Balaban J connectivity index is 0. The Hall–Kier alpha value is -0.120. The van der Waals surface area contributed by atoms with E-state index in [1.54, 1.807) is 14.2 Å². The van der Waals surface area contributed by atoms with E-state index in [0.717, 1.165) is 26.0 Å². The lowest BCUT2D eigenvalue weighted by Crippen LogP contribution is -2.34. The standard InChI is InChI=1S/C11H25N3O3.HI/c1-15-8-6-14-11(12)13-5-3-4-7-17-10-9-16-2;/h3-10H2,1-2H3,(H3,12,13,14);1H. The lowest BCUT2D eigenvalue weighted by Gasteiger charge is -2.05. The zero-order valence-electron chi connectivity index (χ0n) is 11.3. The Morgan fingerprint density at radius 3 is 2.44 bits per heavy atom. The number of nitrogens with one attached hydrogen (secondary N) is 1. The van der Waals surface area contributed by atoms with E-state index in [1.807, 2.05) is 0 Å². The van der Waals surface area contributed by atoms with Crippen molar-refractivity contribution in [2.24, 2.45) is 10.7 Å². The van der Waals surface area contributed by atoms with Crippen molar-refractivity contribution in [1.29, 1.82) is 0 Å². The molecule has 0 fully saturated rings. The van der Waals surface area contributed by atoms with Gasteiger partial charge in [-0.15, -0.1) is 24.0 Å². The number of nitrogens with two attached hydrogens (primary N) is 1. The number of nitrogens with zero attached hydrogens (tertiary/aromatic N) is 1. The van der Waals surface area contributed by atoms with Crippen LogP contribution in [0.15, 0.2) is 4.99 Å². The number of rotatable bonds is 11. The predicted molar refractivity (Wildman–Crippen MR) is 83.7 cm³/mol. The second-order valence-electron chi connectivity index (χ2n) is 3.50. The van der Waals surface area contributed by atoms with E-state index in [9.17, 15) is 0 Å². The minimum Gasteiger partial charge on any atom is -0.383 e. The van der Waals surface area contributed by atoms with E-state index in [2.05, 4.69) is 10.3 Å². The third kappa shape index (κ3) is 15.9. The molecule has 0 saturated carbocycles. The third-order valence-electron chi connectivity index (χ3n) is 2.02. The molecule has 0 aliphatic rings. The van der Waals surface area contributed by atoms with Gasteiger partial charge in [-0.2, -0.15) is 0 Å². The molecule has 0 aromatic rings. The first kappa shape index (κ1) is 20.2. The fraction of sp³-hybridized carbons (Fsp3) is 0.909. The van der Waals surface area contributed by atoms with Gasteiger partial charge in [-0.25, -0.2) is 0 Å². The van der Waals surface area contributed by atoms with Gasteiger partial charge in [0.2, 0.25) is 0 Å². The van der Waals surface area contributed by atoms with Crippen molar-refractivity contribution in [3.8, 4) is 0 Å². The van der Waals surface area contributed by atoms with Crippen LogP contribution in [0.4, 0.5) is 0 Å². The number of guanidine groups is 1. The van der Waals surface area contributed by atoms with Crippen LogP contribution in [0.25, 0.3) is 0 Å². The fourth-order valence-corrected chi connectivity index (χ4v) is 1.10. The molecule has 0 saturated heterocycles. The quantitative estimate of drug-likeness (QED) is 0.239. The Morgan fingerprint density at radius 1 is 1.06 bits per heavy atom. The topological polar surface area (TPSA) is 78.1 Å². The molecule has 0 rings (SSSR count). The number of ether oxygens (including phenoxy) is 3. The summed E-state index contributed by atoms with van der Waals surface area (Å²) in [6.07, 6.45) is 1.96. The van der Waals surface area contributed by atoms with Crippen molar-refractivity contribution in [1.82, 2.24) is 5.32 Å². The van der Waals surface area contributed by atoms with Crippen LogP contribution >= 0.6 is 24.0 Å². The van der Waals surface area contributed by atoms with Gasteiger partial charge in [0.25, 0.3) is 0 Å². The van der Waals surface area contributed by atoms with Gasteiger partial charge < -0.3 is 25.3 Å². The van der Waals surface area contributed by atoms with Crippen LogP contribution in [0.5, 0.6) is 0 Å². The summed E-state index contributed by atoms with van der Waals surface area (Å²) in [5.41, 5.74) is 5.63. The molecule has 0 bridgehead atoms. The van der Waals surface area contributed by atoms with Crippen molar-refractivity contribution in [3.63, 3.8) is 0 Å². The molecule has 18 heavy (non-hydrogen) atoms. The highest BCUT2D eigenvalue weighted by Gasteiger charge is 1.92. The van der Waals surface area contributed by atoms with Gasteiger partial charge in [-0.3, -0.25) is 4.99 Å². The van der Waals surface area contributed by atoms with E-state index in [0.29, 0.717) is 32.3 Å². The third-order valence-corrected chi connectivity index (χ3v) is 2.02. The Kier molecular flexibility index (Phi) is 18.9. The largest absolute Gasteiger partial charge is 0.383 e. The monoisotopic (exact) mass is 375 g/mol. The van der Waals surface area contributed by atoms with Gasteiger partial charge >= 0.3 is 0 Å². The Morgan fingerprint density at radius 2 is 1.78 bits per heavy atom. The van der Waals surface area contributed by atoms with Gasteiger partial charge in [0.15, 0.2) is 5.96 Å². The highest BCUT2D eigenvalue weighted by atomic mass is 127. The summed E-state index contributed by atoms with van der Waals surface area (Å²) in [5.74, 6) is 0.474. The highest BCUT2D eigenvalue weighted by molar-refractivity contribution is 14.0. The molecule has 3 N–H and O–H groups in total. The van der Waals surface area contributed by atoms with Crippen molar-refractivity contribution < 1.29 is 14.2 Å². The zero-order valence-corrected chi connectivity index (χ0v) is 13.6. The smallest absolute Gasteiger partial charge is 0.188 e. The first-order chi connectivity index (χ1) is 8.31. The lowest BCUT2D eigenvalue weighted by molar-refractivity contribution is 0.0690. The second kappa shape index (κ2) is 16.9. The number of halogens is 1. The van der Waals surface area contributed by atoms with Crippen molar-refractivity contribution >= 4 is 29.9 Å². The molecular weight excluding hydrogens is 349 g/mol. The summed E-state index contributed by atoms with van der Waals surface area (Å²) in [7, 11) is 3.32. The van der Waals surface area contributed by atoms with E-state index in [4.69, 9.17) is 19.9 Å². The summed E-state index contributed by atoms with van der Waals surface area (Å²) in [6.45, 7) is 4.08. The minimum atomic E-state index is 0. The lowest BCUT2D eigenvalue weighted by atomic mass is 10.3. The second-order valence-corrected chi connectivity index (χ2v) is 3.50. The first-order valence-corrected chi connectivity index (χ1v) is 5.90. The molecule has 0 aliphatic heterocycles. The fourth-order valence-electron chi connectivity index (χ4n) is 1.10. The van der Waals surface area contributed by atoms with Crippen LogP contribution in [0.3, 0.4) is 0 Å². The predicted octanol–water partition coefficient (Wildman–Crippen LogP) is 0.598. The molecule has 0 aromatic heterocycles. The van der Waals surface area contributed by atoms with Crippen LogP contribution in [0.1, 0.15) is 12.8 Å². The van der Waals surface area contributed by atoms with E-state index >= 15 is 0 Å². The summed E-state index contributed by atoms with van der Waals surface area (Å²) >= 11 is 0. The maximum absolute atomic E-state index is 5.63. The molecule has 6 nitrogen and oxygen atoms in total. The molecule has 0 aromatic carbocycles. The highest BCUT2D eigenvalue weighted by Crippen LogP contribution is 1.91. The zero-order chi connectivity index (χ0) is 12.8. The van der Waals surface area contributed by atoms with Gasteiger partial charge in [-0.1, -0.05) is 0 Å². The van der Waals surface area contributed by atoms with E-state index in [-0.39, 0.29) is 24.0 Å². The average molecular weight is 375 g/mol. The Bertz CT molecular complexity index is 194. The summed E-state index contributed by atoms with van der Waals surface area (Å²) in [4.78, 5) is 4.18. The summed E-state index contributed by atoms with van der Waals surface area (Å²) in [5, 5.41) is 2.96. The molecule has 0 aliphatic carbocycles. The number of methoxy groups -OCH3 is 2. The molecule has 0 unspecified atom stereocenters. The van der Waals surface area contributed by atoms with Gasteiger partial charge in [0.05, 0.1) is 19.8 Å². The van der Waals surface area contributed by atoms with Crippen LogP contribution in [-0.4, -0.2) is 59.7 Å². The van der Waals surface area contributed by atoms with Crippen molar-refractivity contribution in [2.45, 2.75) is 12.8 Å².